The fourth-order valence-electron chi connectivity index (χ4n) is 1.09. The Hall–Kier alpha value is -1.63. The van der Waals surface area contributed by atoms with Crippen LogP contribution in [0.1, 0.15) is 41.5 Å². The maximum absolute atomic E-state index is 11.1. The molecule has 0 heterocycles. The van der Waals surface area contributed by atoms with Crippen LogP contribution in [0.3, 0.4) is 0 Å². The van der Waals surface area contributed by atoms with E-state index in [1.165, 1.54) is 11.1 Å². The van der Waals surface area contributed by atoms with Crippen molar-refractivity contribution in [3.8, 4) is 0 Å². The van der Waals surface area contributed by atoms with E-state index in [0.29, 0.717) is 0 Å². The summed E-state index contributed by atoms with van der Waals surface area (Å²) >= 11 is 0. The van der Waals surface area contributed by atoms with Gasteiger partial charge in [-0.25, -0.2) is 0 Å². The molecular weight excluding hydrogens is 220 g/mol. The highest BCUT2D eigenvalue weighted by atomic mass is 16.1. The van der Waals surface area contributed by atoms with Gasteiger partial charge >= 0.3 is 0 Å². The van der Waals surface area contributed by atoms with Crippen molar-refractivity contribution in [1.29, 1.82) is 0 Å². The van der Waals surface area contributed by atoms with Gasteiger partial charge in [-0.2, -0.15) is 0 Å². The molecule has 0 radical (unpaired) electrons. The molecule has 98 valence electrons. The second-order valence-electron chi connectivity index (χ2n) is 4.59. The summed E-state index contributed by atoms with van der Waals surface area (Å²) in [4.78, 5) is 11.1. The van der Waals surface area contributed by atoms with Gasteiger partial charge in [0.1, 0.15) is 0 Å². The van der Waals surface area contributed by atoms with E-state index in [9.17, 15) is 4.79 Å². The molecule has 0 bridgehead atoms. The molecule has 0 aromatic rings. The number of carbonyl (C=O) groups excluding carboxylic acids is 1. The lowest BCUT2D eigenvalue weighted by Crippen LogP contribution is -1.89. The SMILES string of the molecule is CC=CC(C=CC(C)=C(C)C)=C/C=C(/C)C(C)=O. The van der Waals surface area contributed by atoms with Gasteiger partial charge in [-0.05, 0) is 52.7 Å². The molecule has 1 heteroatoms. The summed E-state index contributed by atoms with van der Waals surface area (Å²) < 4.78 is 0. The zero-order valence-electron chi connectivity index (χ0n) is 12.4. The summed E-state index contributed by atoms with van der Waals surface area (Å²) in [6.07, 6.45) is 12.0. The highest BCUT2D eigenvalue weighted by Gasteiger charge is 1.93. The summed E-state index contributed by atoms with van der Waals surface area (Å²) in [5.41, 5.74) is 4.42. The van der Waals surface area contributed by atoms with E-state index < -0.39 is 0 Å². The van der Waals surface area contributed by atoms with Gasteiger partial charge in [0, 0.05) is 0 Å². The number of ketones is 1. The number of allylic oxidation sites excluding steroid dienone is 10. The van der Waals surface area contributed by atoms with Crippen molar-refractivity contribution in [2.24, 2.45) is 0 Å². The Morgan fingerprint density at radius 1 is 0.833 bits per heavy atom. The van der Waals surface area contributed by atoms with Gasteiger partial charge in [-0.15, -0.1) is 0 Å². The lowest BCUT2D eigenvalue weighted by Gasteiger charge is -1.97. The van der Waals surface area contributed by atoms with Crippen LogP contribution in [-0.4, -0.2) is 5.78 Å². The van der Waals surface area contributed by atoms with Crippen molar-refractivity contribution in [2.45, 2.75) is 41.5 Å². The molecule has 0 aliphatic carbocycles. The van der Waals surface area contributed by atoms with Crippen molar-refractivity contribution in [2.75, 3.05) is 0 Å². The van der Waals surface area contributed by atoms with Crippen molar-refractivity contribution < 1.29 is 4.79 Å². The van der Waals surface area contributed by atoms with E-state index in [-0.39, 0.29) is 5.78 Å². The van der Waals surface area contributed by atoms with Crippen molar-refractivity contribution >= 4 is 5.78 Å². The Morgan fingerprint density at radius 2 is 1.44 bits per heavy atom. The molecule has 0 aromatic carbocycles. The molecule has 0 aliphatic rings. The van der Waals surface area contributed by atoms with Crippen molar-refractivity contribution in [1.82, 2.24) is 0 Å². The number of Topliss-reactive ketones (excluding diaryl/α,β-unsaturated/α-hetero) is 1. The maximum atomic E-state index is 11.1. The molecule has 0 rings (SSSR count). The minimum Gasteiger partial charge on any atom is -0.295 e. The van der Waals surface area contributed by atoms with Crippen LogP contribution < -0.4 is 0 Å². The Morgan fingerprint density at radius 3 is 1.89 bits per heavy atom. The molecule has 0 saturated carbocycles. The Kier molecular flexibility index (Phi) is 7.69. The van der Waals surface area contributed by atoms with E-state index in [4.69, 9.17) is 0 Å². The van der Waals surface area contributed by atoms with E-state index >= 15 is 0 Å². The molecule has 0 atom stereocenters. The van der Waals surface area contributed by atoms with E-state index in [0.717, 1.165) is 11.1 Å². The highest BCUT2D eigenvalue weighted by Crippen LogP contribution is 2.08. The standard InChI is InChI=1S/C17H24O/c1-7-8-17(11-9-14(4)13(2)3)12-10-15(5)16(6)18/h7-12H,1-6H3/b8-7?,11-9?,15-10-,17-12?. The number of hydrogen-bond acceptors (Lipinski definition) is 1. The number of carbonyl (C=O) groups is 1. The normalized spacial score (nSPS) is 13.4. The van der Waals surface area contributed by atoms with Crippen LogP contribution in [0.25, 0.3) is 0 Å². The van der Waals surface area contributed by atoms with Gasteiger partial charge in [0.05, 0.1) is 0 Å². The van der Waals surface area contributed by atoms with E-state index in [1.54, 1.807) is 6.92 Å². The smallest absolute Gasteiger partial charge is 0.155 e. The molecule has 0 saturated heterocycles. The summed E-state index contributed by atoms with van der Waals surface area (Å²) in [6, 6.07) is 0. The molecule has 0 spiro atoms. The Balaban J connectivity index is 5.12. The minimum absolute atomic E-state index is 0.107. The third kappa shape index (κ3) is 6.85. The van der Waals surface area contributed by atoms with Crippen LogP contribution in [0.15, 0.2) is 58.7 Å². The topological polar surface area (TPSA) is 17.1 Å². The number of hydrogen-bond donors (Lipinski definition) is 0. The molecule has 0 aliphatic heterocycles. The summed E-state index contributed by atoms with van der Waals surface area (Å²) in [7, 11) is 0. The summed E-state index contributed by atoms with van der Waals surface area (Å²) in [5, 5.41) is 0. The zero-order valence-corrected chi connectivity index (χ0v) is 12.4. The molecule has 0 fully saturated rings. The van der Waals surface area contributed by atoms with Gasteiger partial charge in [-0.1, -0.05) is 47.6 Å². The third-order valence-corrected chi connectivity index (χ3v) is 2.75. The fourth-order valence-corrected chi connectivity index (χ4v) is 1.09. The third-order valence-electron chi connectivity index (χ3n) is 2.75. The van der Waals surface area contributed by atoms with Gasteiger partial charge in [0.25, 0.3) is 0 Å². The quantitative estimate of drug-likeness (QED) is 0.494. The molecule has 0 amide bonds. The average Bonchev–Trinajstić information content (AvgIpc) is 2.31. The highest BCUT2D eigenvalue weighted by molar-refractivity contribution is 5.92. The monoisotopic (exact) mass is 244 g/mol. The van der Waals surface area contributed by atoms with Crippen LogP contribution in [-0.2, 0) is 4.79 Å². The predicted molar refractivity (Wildman–Crippen MR) is 80.5 cm³/mol. The van der Waals surface area contributed by atoms with Crippen LogP contribution in [0.2, 0.25) is 0 Å². The van der Waals surface area contributed by atoms with Crippen LogP contribution in [0.4, 0.5) is 0 Å². The van der Waals surface area contributed by atoms with Gasteiger partial charge in [0.2, 0.25) is 0 Å². The van der Waals surface area contributed by atoms with Crippen LogP contribution in [0.5, 0.6) is 0 Å². The molecular formula is C17H24O. The Labute approximate surface area is 111 Å². The second kappa shape index (κ2) is 8.46. The first kappa shape index (κ1) is 16.4. The van der Waals surface area contributed by atoms with Gasteiger partial charge in [0.15, 0.2) is 5.78 Å². The lowest BCUT2D eigenvalue weighted by molar-refractivity contribution is -0.113. The van der Waals surface area contributed by atoms with Crippen molar-refractivity contribution in [3.05, 3.63) is 58.7 Å². The van der Waals surface area contributed by atoms with Crippen molar-refractivity contribution in [3.63, 3.8) is 0 Å². The van der Waals surface area contributed by atoms with Gasteiger partial charge in [-0.3, -0.25) is 4.79 Å². The van der Waals surface area contributed by atoms with Crippen LogP contribution in [0, 0.1) is 0 Å². The lowest BCUT2D eigenvalue weighted by atomic mass is 10.1. The Bertz CT molecular complexity index is 436. The van der Waals surface area contributed by atoms with E-state index in [2.05, 4.69) is 32.9 Å². The summed E-state index contributed by atoms with van der Waals surface area (Å²) in [6.45, 7) is 11.7. The first-order valence-electron chi connectivity index (χ1n) is 6.22. The minimum atomic E-state index is 0.107. The molecule has 0 N–H and O–H groups in total. The molecule has 1 nitrogen and oxygen atoms in total. The molecule has 0 unspecified atom stereocenters. The second-order valence-corrected chi connectivity index (χ2v) is 4.59. The van der Waals surface area contributed by atoms with Crippen LogP contribution >= 0.6 is 0 Å². The van der Waals surface area contributed by atoms with Gasteiger partial charge < -0.3 is 0 Å². The first-order valence-corrected chi connectivity index (χ1v) is 6.22. The first-order chi connectivity index (χ1) is 8.38. The summed E-state index contributed by atoms with van der Waals surface area (Å²) in [5.74, 6) is 0.107. The van der Waals surface area contributed by atoms with E-state index in [1.807, 2.05) is 38.2 Å². The molecule has 18 heavy (non-hydrogen) atoms. The molecule has 0 aromatic heterocycles. The zero-order chi connectivity index (χ0) is 14.1. The average molecular weight is 244 g/mol. The largest absolute Gasteiger partial charge is 0.295 e. The fraction of sp³-hybridized carbons (Fsp3) is 0.353. The number of rotatable bonds is 5. The maximum Gasteiger partial charge on any atom is 0.155 e. The predicted octanol–water partition coefficient (Wildman–Crippen LogP) is 4.94.